The first-order valence-electron chi connectivity index (χ1n) is 8.17. The fraction of sp³-hybridized carbons (Fsp3) is 0.211. The summed E-state index contributed by atoms with van der Waals surface area (Å²) >= 11 is 0. The molecule has 0 bridgehead atoms. The fourth-order valence-electron chi connectivity index (χ4n) is 2.48. The van der Waals surface area contributed by atoms with Crippen LogP contribution in [0.3, 0.4) is 0 Å². The Kier molecular flexibility index (Phi) is 5.09. The average Bonchev–Trinajstić information content (AvgIpc) is 3.06. The molecule has 6 heteroatoms. The van der Waals surface area contributed by atoms with Crippen LogP contribution < -0.4 is 15.3 Å². The van der Waals surface area contributed by atoms with Crippen molar-refractivity contribution < 1.29 is 14.0 Å². The predicted molar refractivity (Wildman–Crippen MR) is 95.4 cm³/mol. The first-order chi connectivity index (χ1) is 12.1. The van der Waals surface area contributed by atoms with Crippen molar-refractivity contribution in [1.82, 2.24) is 5.27 Å². The maximum Gasteiger partial charge on any atom is 0.326 e. The second-order valence-corrected chi connectivity index (χ2v) is 6.03. The number of anilines is 2. The van der Waals surface area contributed by atoms with E-state index in [-0.39, 0.29) is 12.1 Å². The van der Waals surface area contributed by atoms with Gasteiger partial charge in [-0.15, -0.1) is 0 Å². The van der Waals surface area contributed by atoms with Crippen molar-refractivity contribution in [2.24, 2.45) is 0 Å². The molecule has 1 aromatic heterocycles. The largest absolute Gasteiger partial charge is 0.326 e. The van der Waals surface area contributed by atoms with Crippen LogP contribution in [0.1, 0.15) is 24.1 Å². The van der Waals surface area contributed by atoms with Crippen molar-refractivity contribution in [3.63, 3.8) is 0 Å². The summed E-state index contributed by atoms with van der Waals surface area (Å²) in [7, 11) is 0. The Hall–Kier alpha value is -3.15. The average molecular weight is 337 g/mol. The molecule has 0 spiro atoms. The highest BCUT2D eigenvalue weighted by molar-refractivity contribution is 5.98. The van der Waals surface area contributed by atoms with E-state index in [1.165, 1.54) is 11.1 Å². The van der Waals surface area contributed by atoms with Crippen LogP contribution in [0.25, 0.3) is 0 Å². The lowest BCUT2D eigenvalue weighted by Crippen LogP contribution is -2.40. The van der Waals surface area contributed by atoms with E-state index in [4.69, 9.17) is 4.52 Å². The number of aryl methyl sites for hydroxylation is 1. The Morgan fingerprint density at radius 2 is 1.84 bits per heavy atom. The van der Waals surface area contributed by atoms with Crippen LogP contribution in [-0.4, -0.2) is 11.3 Å². The van der Waals surface area contributed by atoms with E-state index in [9.17, 15) is 4.79 Å². The third kappa shape index (κ3) is 4.67. The van der Waals surface area contributed by atoms with E-state index in [1.807, 2.05) is 30.3 Å². The summed E-state index contributed by atoms with van der Waals surface area (Å²) in [6, 6.07) is 17.4. The van der Waals surface area contributed by atoms with Gasteiger partial charge in [0.25, 0.3) is 6.20 Å². The molecule has 2 amide bonds. The number of hydrogen-bond donors (Lipinski definition) is 2. The highest BCUT2D eigenvalue weighted by Gasteiger charge is 2.21. The number of urea groups is 1. The molecule has 0 saturated carbocycles. The zero-order valence-corrected chi connectivity index (χ0v) is 14.3. The van der Waals surface area contributed by atoms with E-state index < -0.39 is 0 Å². The van der Waals surface area contributed by atoms with Gasteiger partial charge in [-0.2, -0.15) is 0 Å². The summed E-state index contributed by atoms with van der Waals surface area (Å²) in [6.45, 7) is 4.12. The van der Waals surface area contributed by atoms with Gasteiger partial charge in [-0.1, -0.05) is 48.0 Å². The molecule has 128 valence electrons. The van der Waals surface area contributed by atoms with Gasteiger partial charge in [-0.3, -0.25) is 9.84 Å². The van der Waals surface area contributed by atoms with Gasteiger partial charge >= 0.3 is 11.9 Å². The van der Waals surface area contributed by atoms with Gasteiger partial charge in [0.2, 0.25) is 5.27 Å². The number of hydrogen-bond acceptors (Lipinski definition) is 3. The number of carbonyl (C=O) groups is 1. The van der Waals surface area contributed by atoms with Gasteiger partial charge in [0.15, 0.2) is 6.04 Å². The molecular weight excluding hydrogens is 316 g/mol. The number of nitrogens with one attached hydrogen (secondary N) is 2. The summed E-state index contributed by atoms with van der Waals surface area (Å²) < 4.78 is 6.90. The smallest absolute Gasteiger partial charge is 0.308 e. The van der Waals surface area contributed by atoms with Crippen LogP contribution in [-0.2, 0) is 6.42 Å². The quantitative estimate of drug-likeness (QED) is 0.697. The molecule has 1 atom stereocenters. The monoisotopic (exact) mass is 337 g/mol. The van der Waals surface area contributed by atoms with Gasteiger partial charge in [0.1, 0.15) is 0 Å². The van der Waals surface area contributed by atoms with Crippen LogP contribution in [0.4, 0.5) is 16.4 Å². The molecule has 6 nitrogen and oxygen atoms in total. The first kappa shape index (κ1) is 16.7. The maximum atomic E-state index is 12.0. The molecule has 25 heavy (non-hydrogen) atoms. The SMILES string of the molecule is Cc1ccc(CC(C)[n+]2cc(NC(=O)Nc3ccccc3)on2)cc1. The summed E-state index contributed by atoms with van der Waals surface area (Å²) in [5.74, 6) is 0.296. The Morgan fingerprint density at radius 1 is 1.12 bits per heavy atom. The van der Waals surface area contributed by atoms with Gasteiger partial charge in [0, 0.05) is 19.0 Å². The van der Waals surface area contributed by atoms with Crippen LogP contribution in [0.15, 0.2) is 65.3 Å². The van der Waals surface area contributed by atoms with E-state index >= 15 is 0 Å². The van der Waals surface area contributed by atoms with Gasteiger partial charge < -0.3 is 5.32 Å². The molecule has 0 saturated heterocycles. The minimum Gasteiger partial charge on any atom is -0.308 e. The lowest BCUT2D eigenvalue weighted by molar-refractivity contribution is -0.782. The highest BCUT2D eigenvalue weighted by atomic mass is 16.5. The Balaban J connectivity index is 1.57. The minimum absolute atomic E-state index is 0.110. The molecule has 0 aliphatic carbocycles. The molecule has 1 unspecified atom stereocenters. The lowest BCUT2D eigenvalue weighted by atomic mass is 10.1. The van der Waals surface area contributed by atoms with E-state index in [2.05, 4.69) is 54.0 Å². The summed E-state index contributed by atoms with van der Waals surface area (Å²) in [4.78, 5) is 12.0. The first-order valence-corrected chi connectivity index (χ1v) is 8.17. The number of carbonyl (C=O) groups excluding carboxylic acids is 1. The molecule has 1 heterocycles. The number of amides is 2. The molecule has 3 aromatic rings. The van der Waals surface area contributed by atoms with Gasteiger partial charge in [-0.05, 0) is 29.3 Å². The maximum absolute atomic E-state index is 12.0. The normalized spacial score (nSPS) is 11.8. The van der Waals surface area contributed by atoms with E-state index in [1.54, 1.807) is 10.9 Å². The van der Waals surface area contributed by atoms with Crippen molar-refractivity contribution in [2.45, 2.75) is 26.3 Å². The second kappa shape index (κ2) is 7.61. The molecular formula is C19H21N4O2+. The van der Waals surface area contributed by atoms with E-state index in [0.29, 0.717) is 11.6 Å². The summed E-state index contributed by atoms with van der Waals surface area (Å²) in [5.41, 5.74) is 3.17. The van der Waals surface area contributed by atoms with Crippen molar-refractivity contribution in [3.05, 3.63) is 71.9 Å². The van der Waals surface area contributed by atoms with E-state index in [0.717, 1.165) is 6.42 Å². The number of para-hydroxylation sites is 1. The summed E-state index contributed by atoms with van der Waals surface area (Å²) in [6.07, 6.45) is 2.51. The molecule has 0 aliphatic heterocycles. The number of rotatable bonds is 5. The molecule has 2 N–H and O–H groups in total. The molecule has 0 radical (unpaired) electrons. The number of aromatic nitrogens is 2. The van der Waals surface area contributed by atoms with Crippen molar-refractivity contribution in [2.75, 3.05) is 10.6 Å². The van der Waals surface area contributed by atoms with Crippen LogP contribution in [0.5, 0.6) is 0 Å². The second-order valence-electron chi connectivity index (χ2n) is 6.03. The minimum atomic E-state index is -0.374. The predicted octanol–water partition coefficient (Wildman–Crippen LogP) is 3.72. The van der Waals surface area contributed by atoms with Crippen molar-refractivity contribution in [1.29, 1.82) is 0 Å². The van der Waals surface area contributed by atoms with Crippen molar-refractivity contribution in [3.8, 4) is 0 Å². The number of nitrogens with zero attached hydrogens (tertiary/aromatic N) is 2. The van der Waals surface area contributed by atoms with Gasteiger partial charge in [-0.25, -0.2) is 4.79 Å². The summed E-state index contributed by atoms with van der Waals surface area (Å²) in [5, 5.41) is 9.35. The van der Waals surface area contributed by atoms with Crippen molar-refractivity contribution >= 4 is 17.6 Å². The standard InChI is InChI=1S/C19H20N4O2/c1-14-8-10-16(11-9-14)12-15(2)23-13-18(25-22-23)21-19(24)20-17-6-4-3-5-7-17/h3-11,13,15H,12H2,1-2H3,(H-,20,21,22,24)/p+1. The third-order valence-corrected chi connectivity index (χ3v) is 3.85. The lowest BCUT2D eigenvalue weighted by Gasteiger charge is -2.03. The van der Waals surface area contributed by atoms with Gasteiger partial charge in [0.05, 0.1) is 0 Å². The number of benzene rings is 2. The molecule has 2 aromatic carbocycles. The Morgan fingerprint density at radius 3 is 2.56 bits per heavy atom. The zero-order chi connectivity index (χ0) is 17.6. The topological polar surface area (TPSA) is 71.0 Å². The molecule has 0 fully saturated rings. The Bertz CT molecular complexity index is 828. The molecule has 3 rings (SSSR count). The fourth-order valence-corrected chi connectivity index (χ4v) is 2.48. The van der Waals surface area contributed by atoms with Crippen LogP contribution in [0.2, 0.25) is 0 Å². The molecule has 0 aliphatic rings. The van der Waals surface area contributed by atoms with Crippen LogP contribution >= 0.6 is 0 Å². The highest BCUT2D eigenvalue weighted by Crippen LogP contribution is 2.12. The zero-order valence-electron chi connectivity index (χ0n) is 14.3. The van der Waals surface area contributed by atoms with Crippen LogP contribution in [0, 0.1) is 6.92 Å². The third-order valence-electron chi connectivity index (χ3n) is 3.85. The Labute approximate surface area is 146 Å².